The Bertz CT molecular complexity index is 932. The molecule has 108 valence electrons. The topological polar surface area (TPSA) is 87.6 Å². The second-order valence-corrected chi connectivity index (χ2v) is 4.90. The average Bonchev–Trinajstić information content (AvgIpc) is 2.89. The highest BCUT2D eigenvalue weighted by Crippen LogP contribution is 2.07. The minimum atomic E-state index is -0.395. The van der Waals surface area contributed by atoms with Crippen LogP contribution < -0.4 is 11.2 Å². The molecule has 0 N–H and O–H groups in total. The van der Waals surface area contributed by atoms with Crippen LogP contribution in [-0.4, -0.2) is 28.7 Å². The lowest BCUT2D eigenvalue weighted by molar-refractivity contribution is 0.700. The van der Waals surface area contributed by atoms with Gasteiger partial charge in [0.25, 0.3) is 5.56 Å². The van der Waals surface area contributed by atoms with Crippen molar-refractivity contribution < 1.29 is 0 Å². The quantitative estimate of drug-likeness (QED) is 0.638. The van der Waals surface area contributed by atoms with Crippen LogP contribution in [0.25, 0.3) is 11.2 Å². The predicted octanol–water partition coefficient (Wildman–Crippen LogP) is -0.420. The van der Waals surface area contributed by atoms with Gasteiger partial charge in [-0.05, 0) is 6.92 Å². The summed E-state index contributed by atoms with van der Waals surface area (Å²) < 4.78 is 4.10. The first-order valence-electron chi connectivity index (χ1n) is 6.37. The number of fused-ring (bicyclic) bond motifs is 1. The normalized spacial score (nSPS) is 11.2. The zero-order chi connectivity index (χ0) is 15.1. The molecule has 0 aliphatic rings. The number of nitrogens with zero attached hydrogens (tertiary/aromatic N) is 6. The molecule has 8 nitrogen and oxygen atoms in total. The largest absolute Gasteiger partial charge is 0.332 e. The molecule has 3 heterocycles. The SMILES string of the molecule is Cc1cnc(Cn2cnc3c2c(=O)n(C)c(=O)n3C)cn1. The Labute approximate surface area is 119 Å². The molecule has 0 aromatic carbocycles. The van der Waals surface area contributed by atoms with Crippen LogP contribution >= 0.6 is 0 Å². The summed E-state index contributed by atoms with van der Waals surface area (Å²) in [6.07, 6.45) is 4.86. The van der Waals surface area contributed by atoms with Crippen molar-refractivity contribution in [3.63, 3.8) is 0 Å². The molecule has 0 aliphatic heterocycles. The van der Waals surface area contributed by atoms with Crippen LogP contribution in [0.3, 0.4) is 0 Å². The van der Waals surface area contributed by atoms with E-state index >= 15 is 0 Å². The van der Waals surface area contributed by atoms with E-state index in [1.165, 1.54) is 17.9 Å². The van der Waals surface area contributed by atoms with Crippen molar-refractivity contribution >= 4 is 11.2 Å². The highest BCUT2D eigenvalue weighted by atomic mass is 16.2. The van der Waals surface area contributed by atoms with Crippen LogP contribution in [0, 0.1) is 6.92 Å². The molecule has 8 heteroatoms. The molecule has 0 amide bonds. The third kappa shape index (κ3) is 2.04. The molecule has 3 aromatic rings. The fourth-order valence-electron chi connectivity index (χ4n) is 2.19. The first kappa shape index (κ1) is 13.2. The van der Waals surface area contributed by atoms with Gasteiger partial charge in [0.15, 0.2) is 11.2 Å². The van der Waals surface area contributed by atoms with Crippen LogP contribution in [0.4, 0.5) is 0 Å². The molecule has 0 aliphatic carbocycles. The highest BCUT2D eigenvalue weighted by Gasteiger charge is 2.14. The summed E-state index contributed by atoms with van der Waals surface area (Å²) in [6, 6.07) is 0. The van der Waals surface area contributed by atoms with E-state index in [4.69, 9.17) is 0 Å². The van der Waals surface area contributed by atoms with Gasteiger partial charge < -0.3 is 4.57 Å². The minimum absolute atomic E-state index is 0.364. The number of imidazole rings is 1. The number of aryl methyl sites for hydroxylation is 2. The average molecular weight is 286 g/mol. The van der Waals surface area contributed by atoms with Crippen molar-refractivity contribution in [2.24, 2.45) is 14.1 Å². The van der Waals surface area contributed by atoms with Crippen LogP contribution in [0.2, 0.25) is 0 Å². The summed E-state index contributed by atoms with van der Waals surface area (Å²) in [4.78, 5) is 36.7. The molecular formula is C13H14N6O2. The Morgan fingerprint density at radius 2 is 1.81 bits per heavy atom. The van der Waals surface area contributed by atoms with Gasteiger partial charge in [-0.2, -0.15) is 0 Å². The van der Waals surface area contributed by atoms with Gasteiger partial charge in [0.2, 0.25) is 0 Å². The third-order valence-corrected chi connectivity index (χ3v) is 3.38. The molecule has 0 bridgehead atoms. The molecule has 21 heavy (non-hydrogen) atoms. The fraction of sp³-hybridized carbons (Fsp3) is 0.308. The van der Waals surface area contributed by atoms with Crippen LogP contribution in [0.5, 0.6) is 0 Å². The maximum absolute atomic E-state index is 12.3. The maximum Gasteiger partial charge on any atom is 0.332 e. The Kier molecular flexibility index (Phi) is 2.93. The van der Waals surface area contributed by atoms with Gasteiger partial charge in [0, 0.05) is 20.3 Å². The van der Waals surface area contributed by atoms with Gasteiger partial charge in [0.05, 0.1) is 30.5 Å². The predicted molar refractivity (Wildman–Crippen MR) is 76.1 cm³/mol. The van der Waals surface area contributed by atoms with Crippen molar-refractivity contribution in [1.82, 2.24) is 28.7 Å². The van der Waals surface area contributed by atoms with E-state index < -0.39 is 5.69 Å². The second kappa shape index (κ2) is 4.65. The van der Waals surface area contributed by atoms with E-state index in [1.807, 2.05) is 6.92 Å². The molecule has 3 aromatic heterocycles. The molecule has 0 saturated carbocycles. The first-order valence-corrected chi connectivity index (χ1v) is 6.37. The van der Waals surface area contributed by atoms with Gasteiger partial charge in [-0.25, -0.2) is 9.78 Å². The van der Waals surface area contributed by atoms with Crippen LogP contribution in [0.1, 0.15) is 11.4 Å². The second-order valence-electron chi connectivity index (χ2n) is 4.90. The lowest BCUT2D eigenvalue weighted by atomic mass is 10.4. The Hall–Kier alpha value is -2.77. The van der Waals surface area contributed by atoms with E-state index in [2.05, 4.69) is 15.0 Å². The molecule has 3 rings (SSSR count). The number of hydrogen-bond acceptors (Lipinski definition) is 5. The molecule has 0 fully saturated rings. The van der Waals surface area contributed by atoms with Crippen molar-refractivity contribution in [1.29, 1.82) is 0 Å². The molecule has 0 unspecified atom stereocenters. The van der Waals surface area contributed by atoms with E-state index in [9.17, 15) is 9.59 Å². The number of aromatic nitrogens is 6. The van der Waals surface area contributed by atoms with Crippen molar-refractivity contribution in [3.05, 3.63) is 50.9 Å². The smallest absolute Gasteiger partial charge is 0.319 e. The molecule has 0 saturated heterocycles. The highest BCUT2D eigenvalue weighted by molar-refractivity contribution is 5.70. The summed E-state index contributed by atoms with van der Waals surface area (Å²) in [5.74, 6) is 0. The lowest BCUT2D eigenvalue weighted by Gasteiger charge is -2.06. The summed E-state index contributed by atoms with van der Waals surface area (Å²) in [5.41, 5.74) is 1.52. The van der Waals surface area contributed by atoms with E-state index in [0.717, 1.165) is 16.0 Å². The number of hydrogen-bond donors (Lipinski definition) is 0. The summed E-state index contributed by atoms with van der Waals surface area (Å²) in [6.45, 7) is 2.23. The Morgan fingerprint density at radius 1 is 1.05 bits per heavy atom. The van der Waals surface area contributed by atoms with E-state index in [-0.39, 0.29) is 5.56 Å². The summed E-state index contributed by atoms with van der Waals surface area (Å²) in [5, 5.41) is 0. The van der Waals surface area contributed by atoms with Crippen molar-refractivity contribution in [3.8, 4) is 0 Å². The third-order valence-electron chi connectivity index (χ3n) is 3.38. The zero-order valence-electron chi connectivity index (χ0n) is 11.9. The number of rotatable bonds is 2. The molecular weight excluding hydrogens is 272 g/mol. The summed E-state index contributed by atoms with van der Waals surface area (Å²) >= 11 is 0. The van der Waals surface area contributed by atoms with Crippen molar-refractivity contribution in [2.75, 3.05) is 0 Å². The van der Waals surface area contributed by atoms with E-state index in [0.29, 0.717) is 17.7 Å². The monoisotopic (exact) mass is 286 g/mol. The standard InChI is InChI=1S/C13H14N6O2/c1-8-4-15-9(5-14-8)6-19-7-16-11-10(19)12(20)18(3)13(21)17(11)2/h4-5,7H,6H2,1-3H3. The zero-order valence-corrected chi connectivity index (χ0v) is 11.9. The van der Waals surface area contributed by atoms with Gasteiger partial charge in [0.1, 0.15) is 0 Å². The van der Waals surface area contributed by atoms with Gasteiger partial charge in [-0.3, -0.25) is 23.9 Å². The van der Waals surface area contributed by atoms with Gasteiger partial charge in [-0.15, -0.1) is 0 Å². The minimum Gasteiger partial charge on any atom is -0.319 e. The van der Waals surface area contributed by atoms with Gasteiger partial charge >= 0.3 is 5.69 Å². The first-order chi connectivity index (χ1) is 9.99. The van der Waals surface area contributed by atoms with Crippen molar-refractivity contribution in [2.45, 2.75) is 13.5 Å². The lowest BCUT2D eigenvalue weighted by Crippen LogP contribution is -2.37. The maximum atomic E-state index is 12.3. The van der Waals surface area contributed by atoms with Gasteiger partial charge in [-0.1, -0.05) is 0 Å². The Balaban J connectivity index is 2.19. The van der Waals surface area contributed by atoms with Crippen LogP contribution in [-0.2, 0) is 20.6 Å². The summed E-state index contributed by atoms with van der Waals surface area (Å²) in [7, 11) is 3.04. The Morgan fingerprint density at radius 3 is 2.48 bits per heavy atom. The van der Waals surface area contributed by atoms with E-state index in [1.54, 1.807) is 24.0 Å². The molecule has 0 radical (unpaired) electrons. The molecule has 0 atom stereocenters. The van der Waals surface area contributed by atoms with Crippen LogP contribution in [0.15, 0.2) is 28.3 Å². The fourth-order valence-corrected chi connectivity index (χ4v) is 2.19. The molecule has 0 spiro atoms.